The van der Waals surface area contributed by atoms with Crippen LogP contribution in [0.15, 0.2) is 30.3 Å². The van der Waals surface area contributed by atoms with Crippen molar-refractivity contribution in [1.82, 2.24) is 4.90 Å². The number of nitrogens with zero attached hydrogens (tertiary/aromatic N) is 1. The van der Waals surface area contributed by atoms with Crippen LogP contribution in [0.4, 0.5) is 0 Å². The lowest BCUT2D eigenvalue weighted by Gasteiger charge is -2.44. The van der Waals surface area contributed by atoms with Gasteiger partial charge in [0.2, 0.25) is 0 Å². The summed E-state index contributed by atoms with van der Waals surface area (Å²) >= 11 is 0. The Hall–Kier alpha value is -1.68. The number of benzene rings is 1. The summed E-state index contributed by atoms with van der Waals surface area (Å²) in [7, 11) is 0. The average molecular weight is 301 g/mol. The first-order chi connectivity index (χ1) is 10.6. The highest BCUT2D eigenvalue weighted by molar-refractivity contribution is 5.98. The lowest BCUT2D eigenvalue weighted by Crippen LogP contribution is -2.52. The topological polar surface area (TPSA) is 57.6 Å². The van der Waals surface area contributed by atoms with Gasteiger partial charge in [-0.1, -0.05) is 36.8 Å². The van der Waals surface area contributed by atoms with E-state index >= 15 is 0 Å². The Morgan fingerprint density at radius 2 is 1.95 bits per heavy atom. The molecule has 4 nitrogen and oxygen atoms in total. The highest BCUT2D eigenvalue weighted by Crippen LogP contribution is 2.45. The van der Waals surface area contributed by atoms with Crippen molar-refractivity contribution in [3.63, 3.8) is 0 Å². The normalized spacial score (nSPS) is 28.8. The van der Waals surface area contributed by atoms with Gasteiger partial charge in [-0.2, -0.15) is 0 Å². The predicted octanol–water partition coefficient (Wildman–Crippen LogP) is 2.98. The zero-order chi connectivity index (χ0) is 15.6. The van der Waals surface area contributed by atoms with E-state index in [-0.39, 0.29) is 23.8 Å². The van der Waals surface area contributed by atoms with Gasteiger partial charge in [0.1, 0.15) is 0 Å². The molecule has 0 radical (unpaired) electrons. The number of carbonyl (C=O) groups excluding carboxylic acids is 1. The average Bonchev–Trinajstić information content (AvgIpc) is 2.94. The summed E-state index contributed by atoms with van der Waals surface area (Å²) in [5.41, 5.74) is 0.719. The van der Waals surface area contributed by atoms with Crippen LogP contribution in [0.2, 0.25) is 0 Å². The number of carbonyl (C=O) groups is 2. The van der Waals surface area contributed by atoms with E-state index < -0.39 is 5.97 Å². The van der Waals surface area contributed by atoms with Crippen LogP contribution in [0.5, 0.6) is 0 Å². The molecule has 118 valence electrons. The first-order valence-corrected chi connectivity index (χ1v) is 8.17. The third kappa shape index (κ3) is 2.93. The van der Waals surface area contributed by atoms with E-state index in [9.17, 15) is 9.59 Å². The monoisotopic (exact) mass is 301 g/mol. The maximum Gasteiger partial charge on any atom is 0.317 e. The van der Waals surface area contributed by atoms with Crippen LogP contribution in [0.3, 0.4) is 0 Å². The molecule has 1 aliphatic carbocycles. The fraction of sp³-hybridized carbons (Fsp3) is 0.556. The van der Waals surface area contributed by atoms with E-state index in [0.29, 0.717) is 0 Å². The minimum Gasteiger partial charge on any atom is -0.480 e. The van der Waals surface area contributed by atoms with Crippen molar-refractivity contribution >= 4 is 11.8 Å². The number of carboxylic acid groups (broad SMARTS) is 1. The standard InChI is InChI=1S/C18H23NO3/c20-16(21)13-19-11-5-4-9-18(19)10-8-15(12-18)17(22)14-6-2-1-3-7-14/h1-3,6-7,15H,4-5,8-13H2,(H,20,21). The minimum absolute atomic E-state index is 0.0387. The van der Waals surface area contributed by atoms with Gasteiger partial charge in [0.25, 0.3) is 0 Å². The van der Waals surface area contributed by atoms with Gasteiger partial charge in [0, 0.05) is 17.0 Å². The summed E-state index contributed by atoms with van der Waals surface area (Å²) in [5, 5.41) is 9.15. The zero-order valence-electron chi connectivity index (χ0n) is 12.8. The van der Waals surface area contributed by atoms with E-state index in [1.54, 1.807) is 0 Å². The van der Waals surface area contributed by atoms with E-state index in [2.05, 4.69) is 4.90 Å². The van der Waals surface area contributed by atoms with Gasteiger partial charge < -0.3 is 5.11 Å². The minimum atomic E-state index is -0.765. The van der Waals surface area contributed by atoms with Gasteiger partial charge in [-0.25, -0.2) is 0 Å². The van der Waals surface area contributed by atoms with E-state index in [1.807, 2.05) is 30.3 Å². The van der Waals surface area contributed by atoms with Crippen LogP contribution in [0.25, 0.3) is 0 Å². The summed E-state index contributed by atoms with van der Waals surface area (Å²) in [6, 6.07) is 9.47. The van der Waals surface area contributed by atoms with Gasteiger partial charge in [-0.05, 0) is 38.6 Å². The molecule has 1 aliphatic heterocycles. The number of Topliss-reactive ketones (excluding diaryl/α,β-unsaturated/α-hetero) is 1. The van der Waals surface area contributed by atoms with Gasteiger partial charge in [-0.15, -0.1) is 0 Å². The highest BCUT2D eigenvalue weighted by atomic mass is 16.4. The number of hydrogen-bond acceptors (Lipinski definition) is 3. The van der Waals surface area contributed by atoms with Gasteiger partial charge in [-0.3, -0.25) is 14.5 Å². The quantitative estimate of drug-likeness (QED) is 0.869. The number of likely N-dealkylation sites (tertiary alicyclic amines) is 1. The highest BCUT2D eigenvalue weighted by Gasteiger charge is 2.47. The molecule has 1 aromatic carbocycles. The molecule has 4 heteroatoms. The van der Waals surface area contributed by atoms with E-state index in [1.165, 1.54) is 0 Å². The van der Waals surface area contributed by atoms with Gasteiger partial charge in [0.15, 0.2) is 5.78 Å². The smallest absolute Gasteiger partial charge is 0.317 e. The molecule has 1 heterocycles. The van der Waals surface area contributed by atoms with Crippen LogP contribution >= 0.6 is 0 Å². The SMILES string of the molecule is O=C(O)CN1CCCCC12CCC(C(=O)c1ccccc1)C2. The van der Waals surface area contributed by atoms with Crippen LogP contribution in [0, 0.1) is 5.92 Å². The van der Waals surface area contributed by atoms with Gasteiger partial charge in [0.05, 0.1) is 6.54 Å². The number of ketones is 1. The molecule has 2 fully saturated rings. The molecular weight excluding hydrogens is 278 g/mol. The number of carboxylic acids is 1. The fourth-order valence-electron chi connectivity index (χ4n) is 4.24. The maximum absolute atomic E-state index is 12.7. The second-order valence-electron chi connectivity index (χ2n) is 6.67. The van der Waals surface area contributed by atoms with Crippen molar-refractivity contribution in [2.24, 2.45) is 5.92 Å². The predicted molar refractivity (Wildman–Crippen MR) is 83.9 cm³/mol. The maximum atomic E-state index is 12.7. The second kappa shape index (κ2) is 6.21. The largest absolute Gasteiger partial charge is 0.480 e. The summed E-state index contributed by atoms with van der Waals surface area (Å²) in [5.74, 6) is -0.505. The Morgan fingerprint density at radius 3 is 2.68 bits per heavy atom. The Morgan fingerprint density at radius 1 is 1.18 bits per heavy atom. The summed E-state index contributed by atoms with van der Waals surface area (Å²) in [6.45, 7) is 0.949. The van der Waals surface area contributed by atoms with Crippen molar-refractivity contribution in [2.75, 3.05) is 13.1 Å². The number of hydrogen-bond donors (Lipinski definition) is 1. The lowest BCUT2D eigenvalue weighted by atomic mass is 9.83. The van der Waals surface area contributed by atoms with Crippen LogP contribution in [-0.2, 0) is 4.79 Å². The van der Waals surface area contributed by atoms with Gasteiger partial charge >= 0.3 is 5.97 Å². The molecule has 1 saturated carbocycles. The molecular formula is C18H23NO3. The molecule has 1 aromatic rings. The Balaban J connectivity index is 1.74. The molecule has 2 atom stereocenters. The van der Waals surface area contributed by atoms with Crippen molar-refractivity contribution in [3.05, 3.63) is 35.9 Å². The first-order valence-electron chi connectivity index (χ1n) is 8.17. The van der Waals surface area contributed by atoms with E-state index in [4.69, 9.17) is 5.11 Å². The fourth-order valence-corrected chi connectivity index (χ4v) is 4.24. The second-order valence-corrected chi connectivity index (χ2v) is 6.67. The molecule has 0 amide bonds. The Bertz CT molecular complexity index is 557. The molecule has 2 unspecified atom stereocenters. The number of aliphatic carboxylic acids is 1. The number of piperidine rings is 1. The molecule has 2 aliphatic rings. The van der Waals surface area contributed by atoms with Crippen LogP contribution in [0.1, 0.15) is 48.9 Å². The molecule has 0 aromatic heterocycles. The number of rotatable bonds is 4. The molecule has 1 N–H and O–H groups in total. The lowest BCUT2D eigenvalue weighted by molar-refractivity contribution is -0.140. The Kier molecular flexibility index (Phi) is 4.30. The van der Waals surface area contributed by atoms with Crippen molar-refractivity contribution in [1.29, 1.82) is 0 Å². The molecule has 3 rings (SSSR count). The first kappa shape index (κ1) is 15.2. The molecule has 0 bridgehead atoms. The van der Waals surface area contributed by atoms with Crippen molar-refractivity contribution in [3.8, 4) is 0 Å². The van der Waals surface area contributed by atoms with Crippen LogP contribution < -0.4 is 0 Å². The third-order valence-electron chi connectivity index (χ3n) is 5.33. The summed E-state index contributed by atoms with van der Waals surface area (Å²) < 4.78 is 0. The molecule has 1 saturated heterocycles. The third-order valence-corrected chi connectivity index (χ3v) is 5.33. The van der Waals surface area contributed by atoms with Crippen molar-refractivity contribution in [2.45, 2.75) is 44.1 Å². The van der Waals surface area contributed by atoms with Crippen molar-refractivity contribution < 1.29 is 14.7 Å². The van der Waals surface area contributed by atoms with E-state index in [0.717, 1.165) is 50.6 Å². The summed E-state index contributed by atoms with van der Waals surface area (Å²) in [6.07, 6.45) is 5.87. The summed E-state index contributed by atoms with van der Waals surface area (Å²) in [4.78, 5) is 25.9. The van der Waals surface area contributed by atoms with Crippen LogP contribution in [-0.4, -0.2) is 40.4 Å². The molecule has 1 spiro atoms. The molecule has 22 heavy (non-hydrogen) atoms. The Labute approximate surface area is 131 Å². The zero-order valence-corrected chi connectivity index (χ0v) is 12.8.